The van der Waals surface area contributed by atoms with Crippen molar-refractivity contribution in [3.05, 3.63) is 83.3 Å². The molecule has 0 spiro atoms. The summed E-state index contributed by atoms with van der Waals surface area (Å²) in [5.74, 6) is 0.360. The lowest BCUT2D eigenvalue weighted by Crippen LogP contribution is -2.24. The number of aromatic nitrogens is 2. The Morgan fingerprint density at radius 1 is 1.00 bits per heavy atom. The van der Waals surface area contributed by atoms with Gasteiger partial charge in [0.25, 0.3) is 5.91 Å². The van der Waals surface area contributed by atoms with E-state index in [1.165, 1.54) is 6.20 Å². The number of carbonyl (C=O) groups is 1. The van der Waals surface area contributed by atoms with E-state index in [9.17, 15) is 4.79 Å². The van der Waals surface area contributed by atoms with Gasteiger partial charge in [-0.05, 0) is 42.7 Å². The van der Waals surface area contributed by atoms with Crippen LogP contribution in [0.3, 0.4) is 0 Å². The standard InChI is InChI=1S/C20H20N4O/c1-14-6-5-9-17(10-14)24-19-13-21-18(12-22-19)20(25)23-11-16-8-4-3-7-15(16)2/h3-10,12-13H,11H2,1-2H3,(H,22,24)(H,23,25). The van der Waals surface area contributed by atoms with Crippen LogP contribution in [-0.4, -0.2) is 15.9 Å². The van der Waals surface area contributed by atoms with Crippen LogP contribution in [0.1, 0.15) is 27.2 Å². The quantitative estimate of drug-likeness (QED) is 0.746. The zero-order valence-corrected chi connectivity index (χ0v) is 14.3. The van der Waals surface area contributed by atoms with Crippen molar-refractivity contribution in [3.63, 3.8) is 0 Å². The average Bonchev–Trinajstić information content (AvgIpc) is 2.61. The van der Waals surface area contributed by atoms with Gasteiger partial charge in [-0.2, -0.15) is 0 Å². The molecule has 0 aliphatic heterocycles. The fourth-order valence-corrected chi connectivity index (χ4v) is 2.46. The van der Waals surface area contributed by atoms with E-state index in [1.807, 2.05) is 62.4 Å². The summed E-state index contributed by atoms with van der Waals surface area (Å²) in [6.07, 6.45) is 3.04. The highest BCUT2D eigenvalue weighted by Gasteiger charge is 2.08. The molecule has 25 heavy (non-hydrogen) atoms. The highest BCUT2D eigenvalue weighted by Crippen LogP contribution is 2.15. The molecule has 1 heterocycles. The molecule has 1 amide bonds. The van der Waals surface area contributed by atoms with Crippen LogP contribution in [0.4, 0.5) is 11.5 Å². The summed E-state index contributed by atoms with van der Waals surface area (Å²) in [6, 6.07) is 15.9. The minimum atomic E-state index is -0.238. The van der Waals surface area contributed by atoms with E-state index in [0.29, 0.717) is 18.1 Å². The highest BCUT2D eigenvalue weighted by atomic mass is 16.1. The Morgan fingerprint density at radius 2 is 1.84 bits per heavy atom. The maximum absolute atomic E-state index is 12.2. The molecule has 1 aromatic heterocycles. The molecule has 0 unspecified atom stereocenters. The van der Waals surface area contributed by atoms with Crippen molar-refractivity contribution in [3.8, 4) is 0 Å². The second kappa shape index (κ2) is 7.57. The number of hydrogen-bond donors (Lipinski definition) is 2. The molecule has 3 rings (SSSR count). The maximum atomic E-state index is 12.2. The third kappa shape index (κ3) is 4.41. The number of amides is 1. The van der Waals surface area contributed by atoms with Crippen LogP contribution in [0.15, 0.2) is 60.9 Å². The van der Waals surface area contributed by atoms with E-state index in [2.05, 4.69) is 20.6 Å². The number of rotatable bonds is 5. The molecule has 0 aliphatic rings. The van der Waals surface area contributed by atoms with E-state index in [0.717, 1.165) is 22.4 Å². The monoisotopic (exact) mass is 332 g/mol. The van der Waals surface area contributed by atoms with E-state index < -0.39 is 0 Å². The van der Waals surface area contributed by atoms with Crippen LogP contribution in [0.5, 0.6) is 0 Å². The lowest BCUT2D eigenvalue weighted by Gasteiger charge is -2.08. The van der Waals surface area contributed by atoms with Crippen molar-refractivity contribution >= 4 is 17.4 Å². The molecule has 0 radical (unpaired) electrons. The average molecular weight is 332 g/mol. The number of hydrogen-bond acceptors (Lipinski definition) is 4. The number of aryl methyl sites for hydroxylation is 2. The number of anilines is 2. The number of nitrogens with one attached hydrogen (secondary N) is 2. The van der Waals surface area contributed by atoms with Crippen LogP contribution in [0.2, 0.25) is 0 Å². The lowest BCUT2D eigenvalue weighted by molar-refractivity contribution is 0.0945. The van der Waals surface area contributed by atoms with Crippen molar-refractivity contribution < 1.29 is 4.79 Å². The maximum Gasteiger partial charge on any atom is 0.271 e. The molecule has 0 saturated heterocycles. The molecule has 0 aliphatic carbocycles. The van der Waals surface area contributed by atoms with E-state index in [-0.39, 0.29) is 5.91 Å². The molecule has 126 valence electrons. The summed E-state index contributed by atoms with van der Waals surface area (Å²) >= 11 is 0. The zero-order valence-electron chi connectivity index (χ0n) is 14.3. The molecular formula is C20H20N4O. The molecule has 5 heteroatoms. The highest BCUT2D eigenvalue weighted by molar-refractivity contribution is 5.92. The molecule has 2 aromatic carbocycles. The number of carbonyl (C=O) groups excluding carboxylic acids is 1. The first-order valence-corrected chi connectivity index (χ1v) is 8.10. The molecule has 5 nitrogen and oxygen atoms in total. The van der Waals surface area contributed by atoms with Crippen molar-refractivity contribution in [1.82, 2.24) is 15.3 Å². The first-order chi connectivity index (χ1) is 12.1. The summed E-state index contributed by atoms with van der Waals surface area (Å²) < 4.78 is 0. The summed E-state index contributed by atoms with van der Waals surface area (Å²) in [6.45, 7) is 4.52. The third-order valence-corrected chi connectivity index (χ3v) is 3.88. The number of nitrogens with zero attached hydrogens (tertiary/aromatic N) is 2. The summed E-state index contributed by atoms with van der Waals surface area (Å²) in [7, 11) is 0. The van der Waals surface area contributed by atoms with Crippen molar-refractivity contribution in [2.75, 3.05) is 5.32 Å². The van der Waals surface area contributed by atoms with E-state index in [4.69, 9.17) is 0 Å². The Morgan fingerprint density at radius 3 is 2.56 bits per heavy atom. The van der Waals surface area contributed by atoms with Gasteiger partial charge >= 0.3 is 0 Å². The van der Waals surface area contributed by atoms with Crippen molar-refractivity contribution in [2.45, 2.75) is 20.4 Å². The largest absolute Gasteiger partial charge is 0.347 e. The zero-order chi connectivity index (χ0) is 17.6. The van der Waals surface area contributed by atoms with Gasteiger partial charge in [-0.1, -0.05) is 36.4 Å². The van der Waals surface area contributed by atoms with Crippen LogP contribution >= 0.6 is 0 Å². The predicted molar refractivity (Wildman–Crippen MR) is 98.8 cm³/mol. The minimum Gasteiger partial charge on any atom is -0.347 e. The van der Waals surface area contributed by atoms with Gasteiger partial charge in [-0.3, -0.25) is 4.79 Å². The first-order valence-electron chi connectivity index (χ1n) is 8.10. The molecule has 0 fully saturated rings. The van der Waals surface area contributed by atoms with Gasteiger partial charge in [0, 0.05) is 12.2 Å². The van der Waals surface area contributed by atoms with Crippen LogP contribution in [-0.2, 0) is 6.54 Å². The molecule has 2 N–H and O–H groups in total. The van der Waals surface area contributed by atoms with Gasteiger partial charge in [0.2, 0.25) is 0 Å². The smallest absolute Gasteiger partial charge is 0.271 e. The second-order valence-electron chi connectivity index (χ2n) is 5.89. The Bertz CT molecular complexity index is 875. The van der Waals surface area contributed by atoms with Crippen molar-refractivity contribution in [2.24, 2.45) is 0 Å². The molecular weight excluding hydrogens is 312 g/mol. The Kier molecular flexibility index (Phi) is 5.04. The lowest BCUT2D eigenvalue weighted by atomic mass is 10.1. The third-order valence-electron chi connectivity index (χ3n) is 3.88. The number of benzene rings is 2. The first kappa shape index (κ1) is 16.6. The Labute approximate surface area is 147 Å². The van der Waals surface area contributed by atoms with Crippen LogP contribution < -0.4 is 10.6 Å². The predicted octanol–water partition coefficient (Wildman–Crippen LogP) is 3.77. The fourth-order valence-electron chi connectivity index (χ4n) is 2.46. The molecule has 0 atom stereocenters. The Balaban J connectivity index is 1.61. The van der Waals surface area contributed by atoms with Gasteiger partial charge in [-0.25, -0.2) is 9.97 Å². The SMILES string of the molecule is Cc1cccc(Nc2cnc(C(=O)NCc3ccccc3C)cn2)c1. The summed E-state index contributed by atoms with van der Waals surface area (Å²) in [4.78, 5) is 20.7. The molecule has 0 bridgehead atoms. The van der Waals surface area contributed by atoms with Crippen molar-refractivity contribution in [1.29, 1.82) is 0 Å². The summed E-state index contributed by atoms with van der Waals surface area (Å²) in [5, 5.41) is 6.04. The summed E-state index contributed by atoms with van der Waals surface area (Å²) in [5.41, 5.74) is 4.62. The Hall–Kier alpha value is -3.21. The van der Waals surface area contributed by atoms with Crippen LogP contribution in [0, 0.1) is 13.8 Å². The van der Waals surface area contributed by atoms with E-state index >= 15 is 0 Å². The van der Waals surface area contributed by atoms with E-state index in [1.54, 1.807) is 6.20 Å². The molecule has 0 saturated carbocycles. The fraction of sp³-hybridized carbons (Fsp3) is 0.150. The van der Waals surface area contributed by atoms with Crippen LogP contribution in [0.25, 0.3) is 0 Å². The topological polar surface area (TPSA) is 66.9 Å². The molecule has 3 aromatic rings. The van der Waals surface area contributed by atoms with Gasteiger partial charge in [-0.15, -0.1) is 0 Å². The normalized spacial score (nSPS) is 10.3. The van der Waals surface area contributed by atoms with Gasteiger partial charge in [0.05, 0.1) is 12.4 Å². The second-order valence-corrected chi connectivity index (χ2v) is 5.89. The van der Waals surface area contributed by atoms with Gasteiger partial charge in [0.15, 0.2) is 0 Å². The van der Waals surface area contributed by atoms with Gasteiger partial charge < -0.3 is 10.6 Å². The minimum absolute atomic E-state index is 0.238. The van der Waals surface area contributed by atoms with Gasteiger partial charge in [0.1, 0.15) is 11.5 Å².